The van der Waals surface area contributed by atoms with Gasteiger partial charge in [-0.3, -0.25) is 9.59 Å². The molecular formula is C9H13ClN2O2. The number of carbonyl (C=O) groups excluding carboxylic acids is 2. The minimum Gasteiger partial charge on any atom is -0.350 e. The van der Waals surface area contributed by atoms with Crippen molar-refractivity contribution in [2.24, 2.45) is 0 Å². The van der Waals surface area contributed by atoms with E-state index in [0.29, 0.717) is 19.5 Å². The molecule has 78 valence electrons. The lowest BCUT2D eigenvalue weighted by molar-refractivity contribution is -0.137. The molecule has 0 atom stereocenters. The van der Waals surface area contributed by atoms with Crippen LogP contribution < -0.4 is 5.32 Å². The molecule has 2 aliphatic rings. The number of hydrogen-bond donors (Lipinski definition) is 1. The number of halogens is 1. The molecule has 0 unspecified atom stereocenters. The van der Waals surface area contributed by atoms with Crippen LogP contribution in [0.2, 0.25) is 0 Å². The highest BCUT2D eigenvalue weighted by atomic mass is 35.5. The zero-order valence-electron chi connectivity index (χ0n) is 7.88. The van der Waals surface area contributed by atoms with Crippen molar-refractivity contribution in [1.29, 1.82) is 0 Å². The van der Waals surface area contributed by atoms with E-state index in [1.54, 1.807) is 4.90 Å². The summed E-state index contributed by atoms with van der Waals surface area (Å²) in [5, 5.41) is 2.93. The maximum absolute atomic E-state index is 11.3. The molecule has 0 radical (unpaired) electrons. The van der Waals surface area contributed by atoms with E-state index in [2.05, 4.69) is 5.32 Å². The number of hydrogen-bond acceptors (Lipinski definition) is 2. The van der Waals surface area contributed by atoms with E-state index in [1.165, 1.54) is 0 Å². The van der Waals surface area contributed by atoms with Crippen LogP contribution in [0.25, 0.3) is 0 Å². The molecule has 2 saturated heterocycles. The maximum Gasteiger partial charge on any atom is 0.237 e. The number of alkyl halides is 1. The molecule has 0 aliphatic carbocycles. The average molecular weight is 217 g/mol. The SMILES string of the molecule is O=C1CC2(CCN(C(=O)CCl)CC2)N1. The number of rotatable bonds is 1. The number of nitrogens with one attached hydrogen (secondary N) is 1. The van der Waals surface area contributed by atoms with Crippen molar-refractivity contribution in [3.8, 4) is 0 Å². The van der Waals surface area contributed by atoms with Crippen molar-refractivity contribution in [2.45, 2.75) is 24.8 Å². The summed E-state index contributed by atoms with van der Waals surface area (Å²) < 4.78 is 0. The Morgan fingerprint density at radius 2 is 2.07 bits per heavy atom. The van der Waals surface area contributed by atoms with E-state index in [0.717, 1.165) is 12.8 Å². The molecule has 1 spiro atoms. The highest BCUT2D eigenvalue weighted by Gasteiger charge is 2.45. The molecule has 0 aromatic heterocycles. The van der Waals surface area contributed by atoms with Crippen LogP contribution >= 0.6 is 11.6 Å². The third kappa shape index (κ3) is 1.59. The molecule has 2 fully saturated rings. The number of likely N-dealkylation sites (tertiary alicyclic amines) is 1. The van der Waals surface area contributed by atoms with Gasteiger partial charge in [0.1, 0.15) is 5.88 Å². The molecular weight excluding hydrogens is 204 g/mol. The molecule has 0 aromatic rings. The molecule has 2 amide bonds. The number of carbonyl (C=O) groups is 2. The predicted octanol–water partition coefficient (Wildman–Crippen LogP) is 0.106. The van der Waals surface area contributed by atoms with Crippen molar-refractivity contribution in [3.63, 3.8) is 0 Å². The van der Waals surface area contributed by atoms with Gasteiger partial charge >= 0.3 is 0 Å². The van der Waals surface area contributed by atoms with Crippen LogP contribution in [0.3, 0.4) is 0 Å². The van der Waals surface area contributed by atoms with Gasteiger partial charge in [0, 0.05) is 19.5 Å². The largest absolute Gasteiger partial charge is 0.350 e. The lowest BCUT2D eigenvalue weighted by atomic mass is 9.78. The van der Waals surface area contributed by atoms with E-state index in [1.807, 2.05) is 0 Å². The van der Waals surface area contributed by atoms with E-state index >= 15 is 0 Å². The van der Waals surface area contributed by atoms with Crippen LogP contribution in [-0.4, -0.2) is 41.2 Å². The standard InChI is InChI=1S/C9H13ClN2O2/c10-6-8(14)12-3-1-9(2-4-12)5-7(13)11-9/h1-6H2,(H,11,13). The van der Waals surface area contributed by atoms with E-state index < -0.39 is 0 Å². The molecule has 14 heavy (non-hydrogen) atoms. The summed E-state index contributed by atoms with van der Waals surface area (Å²) in [6.45, 7) is 1.43. The maximum atomic E-state index is 11.3. The molecule has 0 aromatic carbocycles. The molecule has 4 nitrogen and oxygen atoms in total. The lowest BCUT2D eigenvalue weighted by Gasteiger charge is -2.47. The molecule has 2 aliphatic heterocycles. The lowest BCUT2D eigenvalue weighted by Crippen LogP contribution is -2.65. The Balaban J connectivity index is 1.86. The Morgan fingerprint density at radius 1 is 1.50 bits per heavy atom. The zero-order valence-corrected chi connectivity index (χ0v) is 8.64. The smallest absolute Gasteiger partial charge is 0.237 e. The third-order valence-electron chi connectivity index (χ3n) is 3.09. The van der Waals surface area contributed by atoms with Crippen molar-refractivity contribution in [3.05, 3.63) is 0 Å². The van der Waals surface area contributed by atoms with Crippen molar-refractivity contribution < 1.29 is 9.59 Å². The van der Waals surface area contributed by atoms with Crippen LogP contribution in [0, 0.1) is 0 Å². The summed E-state index contributed by atoms with van der Waals surface area (Å²) in [7, 11) is 0. The molecule has 0 bridgehead atoms. The summed E-state index contributed by atoms with van der Waals surface area (Å²) in [4.78, 5) is 23.9. The monoisotopic (exact) mass is 216 g/mol. The van der Waals surface area contributed by atoms with Crippen LogP contribution in [-0.2, 0) is 9.59 Å². The van der Waals surface area contributed by atoms with Gasteiger partial charge in [0.05, 0.1) is 5.54 Å². The molecule has 0 saturated carbocycles. The third-order valence-corrected chi connectivity index (χ3v) is 3.32. The fourth-order valence-corrected chi connectivity index (χ4v) is 2.32. The van der Waals surface area contributed by atoms with Crippen molar-refractivity contribution in [2.75, 3.05) is 19.0 Å². The summed E-state index contributed by atoms with van der Waals surface area (Å²) in [5.41, 5.74) is 0.000175. The first-order valence-electron chi connectivity index (χ1n) is 4.80. The Kier molecular flexibility index (Phi) is 2.39. The average Bonchev–Trinajstić information content (AvgIpc) is 2.16. The molecule has 2 rings (SSSR count). The van der Waals surface area contributed by atoms with Gasteiger partial charge < -0.3 is 10.2 Å². The van der Waals surface area contributed by atoms with Gasteiger partial charge in [0.25, 0.3) is 0 Å². The van der Waals surface area contributed by atoms with Crippen LogP contribution in [0.15, 0.2) is 0 Å². The zero-order chi connectivity index (χ0) is 10.2. The number of nitrogens with zero attached hydrogens (tertiary/aromatic N) is 1. The fraction of sp³-hybridized carbons (Fsp3) is 0.778. The Hall–Kier alpha value is -0.770. The summed E-state index contributed by atoms with van der Waals surface area (Å²) >= 11 is 5.47. The second kappa shape index (κ2) is 3.42. The topological polar surface area (TPSA) is 49.4 Å². The van der Waals surface area contributed by atoms with Gasteiger partial charge in [0.2, 0.25) is 11.8 Å². The minimum atomic E-state index is -0.00725. The van der Waals surface area contributed by atoms with Gasteiger partial charge in [-0.15, -0.1) is 11.6 Å². The molecule has 2 heterocycles. The van der Waals surface area contributed by atoms with Gasteiger partial charge in [0.15, 0.2) is 0 Å². The van der Waals surface area contributed by atoms with Crippen LogP contribution in [0.4, 0.5) is 0 Å². The second-order valence-electron chi connectivity index (χ2n) is 4.02. The summed E-state index contributed by atoms with van der Waals surface area (Å²) in [6, 6.07) is 0. The Bertz CT molecular complexity index is 262. The van der Waals surface area contributed by atoms with Gasteiger partial charge in [-0.05, 0) is 12.8 Å². The molecule has 5 heteroatoms. The van der Waals surface area contributed by atoms with E-state index in [4.69, 9.17) is 11.6 Å². The van der Waals surface area contributed by atoms with Gasteiger partial charge in [-0.2, -0.15) is 0 Å². The number of piperidine rings is 1. The first-order chi connectivity index (χ1) is 6.65. The summed E-state index contributed by atoms with van der Waals surface area (Å²) in [5.74, 6) is 0.175. The predicted molar refractivity (Wildman–Crippen MR) is 52.0 cm³/mol. The first-order valence-corrected chi connectivity index (χ1v) is 5.33. The van der Waals surface area contributed by atoms with Crippen LogP contribution in [0.5, 0.6) is 0 Å². The number of β-lactam (4-membered cyclic amide) rings is 1. The van der Waals surface area contributed by atoms with Crippen molar-refractivity contribution in [1.82, 2.24) is 10.2 Å². The van der Waals surface area contributed by atoms with Gasteiger partial charge in [-0.1, -0.05) is 0 Å². The minimum absolute atomic E-state index is 0.000175. The Morgan fingerprint density at radius 3 is 2.50 bits per heavy atom. The van der Waals surface area contributed by atoms with Crippen molar-refractivity contribution >= 4 is 23.4 Å². The van der Waals surface area contributed by atoms with Crippen LogP contribution in [0.1, 0.15) is 19.3 Å². The normalized spacial score (nSPS) is 24.4. The second-order valence-corrected chi connectivity index (χ2v) is 4.29. The molecule has 1 N–H and O–H groups in total. The van der Waals surface area contributed by atoms with Gasteiger partial charge in [-0.25, -0.2) is 0 Å². The fourth-order valence-electron chi connectivity index (χ4n) is 2.16. The first kappa shape index (κ1) is 9.77. The quantitative estimate of drug-likeness (QED) is 0.500. The highest BCUT2D eigenvalue weighted by molar-refractivity contribution is 6.27. The number of amides is 2. The van der Waals surface area contributed by atoms with E-state index in [9.17, 15) is 9.59 Å². The Labute approximate surface area is 87.6 Å². The summed E-state index contributed by atoms with van der Waals surface area (Å²) in [6.07, 6.45) is 2.35. The highest BCUT2D eigenvalue weighted by Crippen LogP contribution is 2.31. The van der Waals surface area contributed by atoms with E-state index in [-0.39, 0.29) is 23.2 Å².